The third-order valence-corrected chi connectivity index (χ3v) is 2.88. The number of anilines is 1. The highest BCUT2D eigenvalue weighted by molar-refractivity contribution is 5.46. The predicted octanol–water partition coefficient (Wildman–Crippen LogP) is 1.61. The van der Waals surface area contributed by atoms with Crippen molar-refractivity contribution in [1.29, 1.82) is 0 Å². The minimum atomic E-state index is 0.220. The number of benzene rings is 1. The van der Waals surface area contributed by atoms with E-state index in [9.17, 15) is 0 Å². The molecule has 0 heterocycles. The number of aliphatic hydroxyl groups is 1. The van der Waals surface area contributed by atoms with Crippen LogP contribution in [0.5, 0.6) is 0 Å². The van der Waals surface area contributed by atoms with Gasteiger partial charge in [0.2, 0.25) is 0 Å². The van der Waals surface area contributed by atoms with Gasteiger partial charge in [0.25, 0.3) is 0 Å². The van der Waals surface area contributed by atoms with Crippen molar-refractivity contribution in [3.8, 4) is 0 Å². The molecule has 0 atom stereocenters. The van der Waals surface area contributed by atoms with Crippen molar-refractivity contribution in [1.82, 2.24) is 4.90 Å². The Hall–Kier alpha value is -1.06. The first-order valence-corrected chi connectivity index (χ1v) is 6.19. The smallest absolute Gasteiger partial charge is 0.0471 e. The van der Waals surface area contributed by atoms with E-state index >= 15 is 0 Å². The summed E-state index contributed by atoms with van der Waals surface area (Å²) < 4.78 is 0. The molecule has 0 spiro atoms. The molecule has 3 heteroatoms. The average Bonchev–Trinajstić information content (AvgIpc) is 2.30. The Labute approximate surface area is 105 Å². The first-order valence-electron chi connectivity index (χ1n) is 6.19. The Morgan fingerprint density at radius 2 is 1.65 bits per heavy atom. The minimum Gasteiger partial charge on any atom is -0.396 e. The Kier molecular flexibility index (Phi) is 6.01. The summed E-state index contributed by atoms with van der Waals surface area (Å²) in [5.74, 6) is 0. The van der Waals surface area contributed by atoms with Gasteiger partial charge in [-0.25, -0.2) is 0 Å². The van der Waals surface area contributed by atoms with Gasteiger partial charge in [-0.2, -0.15) is 0 Å². The third-order valence-electron chi connectivity index (χ3n) is 2.88. The summed E-state index contributed by atoms with van der Waals surface area (Å²) in [5.41, 5.74) is 2.43. The van der Waals surface area contributed by atoms with Crippen molar-refractivity contribution in [2.45, 2.75) is 12.8 Å². The molecule has 17 heavy (non-hydrogen) atoms. The zero-order valence-corrected chi connectivity index (χ0v) is 11.2. The van der Waals surface area contributed by atoms with Gasteiger partial charge in [0.15, 0.2) is 0 Å². The number of rotatable bonds is 7. The fourth-order valence-electron chi connectivity index (χ4n) is 1.80. The highest BCUT2D eigenvalue weighted by atomic mass is 16.2. The lowest BCUT2D eigenvalue weighted by atomic mass is 10.1. The highest BCUT2D eigenvalue weighted by Crippen LogP contribution is 2.14. The van der Waals surface area contributed by atoms with Crippen molar-refractivity contribution < 1.29 is 5.11 Å². The second-order valence-electron chi connectivity index (χ2n) is 4.72. The van der Waals surface area contributed by atoms with Crippen LogP contribution in [0.4, 0.5) is 5.69 Å². The average molecular weight is 236 g/mol. The normalized spacial score (nSPS) is 10.9. The van der Waals surface area contributed by atoms with Crippen molar-refractivity contribution in [2.24, 2.45) is 0 Å². The van der Waals surface area contributed by atoms with Crippen LogP contribution in [0, 0.1) is 0 Å². The van der Waals surface area contributed by atoms with Crippen LogP contribution in [0.3, 0.4) is 0 Å². The van der Waals surface area contributed by atoms with Crippen LogP contribution in [-0.2, 0) is 6.42 Å². The number of nitrogens with zero attached hydrogens (tertiary/aromatic N) is 2. The van der Waals surface area contributed by atoms with Crippen LogP contribution in [0.15, 0.2) is 24.3 Å². The molecule has 0 aliphatic carbocycles. The second kappa shape index (κ2) is 7.30. The molecule has 0 aliphatic heterocycles. The second-order valence-corrected chi connectivity index (χ2v) is 4.72. The van der Waals surface area contributed by atoms with Crippen molar-refractivity contribution in [3.05, 3.63) is 29.8 Å². The maximum atomic E-state index is 8.85. The summed E-state index contributed by atoms with van der Waals surface area (Å²) >= 11 is 0. The minimum absolute atomic E-state index is 0.220. The van der Waals surface area contributed by atoms with Gasteiger partial charge in [-0.15, -0.1) is 0 Å². The Morgan fingerprint density at radius 1 is 1.00 bits per heavy atom. The van der Waals surface area contributed by atoms with Gasteiger partial charge in [0.05, 0.1) is 0 Å². The number of aliphatic hydroxyl groups excluding tert-OH is 1. The monoisotopic (exact) mass is 236 g/mol. The Balaban J connectivity index is 2.43. The summed E-state index contributed by atoms with van der Waals surface area (Å²) in [6, 6.07) is 8.43. The molecule has 0 bridgehead atoms. The summed E-state index contributed by atoms with van der Waals surface area (Å²) in [5, 5.41) is 8.85. The van der Waals surface area contributed by atoms with E-state index in [0.717, 1.165) is 19.5 Å². The summed E-state index contributed by atoms with van der Waals surface area (Å²) in [6.07, 6.45) is 1.91. The molecule has 0 saturated heterocycles. The fraction of sp³-hybridized carbons (Fsp3) is 0.571. The lowest BCUT2D eigenvalue weighted by Gasteiger charge is -2.20. The van der Waals surface area contributed by atoms with Crippen molar-refractivity contribution >= 4 is 5.69 Å². The molecular weight excluding hydrogens is 212 g/mol. The maximum Gasteiger partial charge on any atom is 0.0471 e. The van der Waals surface area contributed by atoms with Gasteiger partial charge >= 0.3 is 0 Å². The van der Waals surface area contributed by atoms with Crippen LogP contribution < -0.4 is 4.90 Å². The summed E-state index contributed by atoms with van der Waals surface area (Å²) in [6.45, 7) is 2.41. The molecular formula is C14H24N2O. The fourth-order valence-corrected chi connectivity index (χ4v) is 1.80. The van der Waals surface area contributed by atoms with E-state index in [1.807, 2.05) is 0 Å². The van der Waals surface area contributed by atoms with Crippen molar-refractivity contribution in [2.75, 3.05) is 45.7 Å². The van der Waals surface area contributed by atoms with Gasteiger partial charge < -0.3 is 14.9 Å². The van der Waals surface area contributed by atoms with Gasteiger partial charge in [0, 0.05) is 25.9 Å². The summed E-state index contributed by atoms with van der Waals surface area (Å²) in [7, 11) is 6.32. The molecule has 3 nitrogen and oxygen atoms in total. The van der Waals surface area contributed by atoms with Gasteiger partial charge in [-0.1, -0.05) is 12.1 Å². The van der Waals surface area contributed by atoms with Crippen LogP contribution >= 0.6 is 0 Å². The standard InChI is InChI=1S/C14H24N2O/c1-15(2)10-4-11-16(3)14-7-5-13(6-8-14)9-12-17/h5-8,17H,4,9-12H2,1-3H3. The van der Waals surface area contributed by atoms with E-state index in [1.54, 1.807) is 0 Å². The maximum absolute atomic E-state index is 8.85. The number of hydrogen-bond acceptors (Lipinski definition) is 3. The first-order chi connectivity index (χ1) is 8.13. The van der Waals surface area contributed by atoms with Gasteiger partial charge in [0.1, 0.15) is 0 Å². The molecule has 1 aromatic carbocycles. The molecule has 1 N–H and O–H groups in total. The SMILES string of the molecule is CN(C)CCCN(C)c1ccc(CCO)cc1. The lowest BCUT2D eigenvalue weighted by molar-refractivity contribution is 0.299. The lowest BCUT2D eigenvalue weighted by Crippen LogP contribution is -2.23. The van der Waals surface area contributed by atoms with Crippen molar-refractivity contribution in [3.63, 3.8) is 0 Å². The zero-order chi connectivity index (χ0) is 12.7. The van der Waals surface area contributed by atoms with Crippen LogP contribution in [0.2, 0.25) is 0 Å². The van der Waals surface area contributed by atoms with Crippen LogP contribution in [0.1, 0.15) is 12.0 Å². The van der Waals surface area contributed by atoms with E-state index in [2.05, 4.69) is 55.2 Å². The van der Waals surface area contributed by atoms with E-state index in [-0.39, 0.29) is 6.61 Å². The molecule has 1 aromatic rings. The largest absolute Gasteiger partial charge is 0.396 e. The molecule has 0 unspecified atom stereocenters. The molecule has 0 radical (unpaired) electrons. The first kappa shape index (κ1) is 14.0. The van der Waals surface area contributed by atoms with Crippen LogP contribution in [-0.4, -0.2) is 50.8 Å². The van der Waals surface area contributed by atoms with Gasteiger partial charge in [-0.05, 0) is 51.2 Å². The molecule has 0 aliphatic rings. The molecule has 1 rings (SSSR count). The molecule has 0 fully saturated rings. The Morgan fingerprint density at radius 3 is 2.18 bits per heavy atom. The predicted molar refractivity (Wildman–Crippen MR) is 73.7 cm³/mol. The van der Waals surface area contributed by atoms with E-state index < -0.39 is 0 Å². The zero-order valence-electron chi connectivity index (χ0n) is 11.2. The van der Waals surface area contributed by atoms with Gasteiger partial charge in [-0.3, -0.25) is 0 Å². The van der Waals surface area contributed by atoms with E-state index in [0.29, 0.717) is 0 Å². The molecule has 0 amide bonds. The van der Waals surface area contributed by atoms with E-state index in [1.165, 1.54) is 17.7 Å². The topological polar surface area (TPSA) is 26.7 Å². The molecule has 96 valence electrons. The Bertz CT molecular complexity index is 309. The molecule has 0 aromatic heterocycles. The number of hydrogen-bond donors (Lipinski definition) is 1. The quantitative estimate of drug-likeness (QED) is 0.779. The van der Waals surface area contributed by atoms with E-state index in [4.69, 9.17) is 5.11 Å². The van der Waals surface area contributed by atoms with Crippen LogP contribution in [0.25, 0.3) is 0 Å². The summed E-state index contributed by atoms with van der Waals surface area (Å²) in [4.78, 5) is 4.48. The third kappa shape index (κ3) is 5.20. The highest BCUT2D eigenvalue weighted by Gasteiger charge is 2.01. The molecule has 0 saturated carbocycles.